The Bertz CT molecular complexity index is 684. The van der Waals surface area contributed by atoms with Crippen LogP contribution >= 0.6 is 0 Å². The van der Waals surface area contributed by atoms with E-state index in [0.717, 1.165) is 25.7 Å². The topological polar surface area (TPSA) is 102 Å². The van der Waals surface area contributed by atoms with Gasteiger partial charge in [-0.3, -0.25) is 9.59 Å². The van der Waals surface area contributed by atoms with Gasteiger partial charge in [0.15, 0.2) is 0 Å². The van der Waals surface area contributed by atoms with Crippen LogP contribution in [0.4, 0.5) is 5.69 Å². The van der Waals surface area contributed by atoms with E-state index in [-0.39, 0.29) is 13.1 Å². The molecular weight excluding hydrogens is 468 g/mol. The second-order valence-corrected chi connectivity index (χ2v) is 10.0. The zero-order chi connectivity index (χ0) is 27.1. The van der Waals surface area contributed by atoms with E-state index in [1.165, 1.54) is 81.9 Å². The predicted octanol–water partition coefficient (Wildman–Crippen LogP) is 7.10. The van der Waals surface area contributed by atoms with Gasteiger partial charge in [0.25, 0.3) is 0 Å². The Hall–Kier alpha value is -2.44. The van der Waals surface area contributed by atoms with E-state index < -0.39 is 11.9 Å². The highest BCUT2D eigenvalue weighted by Crippen LogP contribution is 2.29. The number of hydrogen-bond donors (Lipinski definition) is 2. The van der Waals surface area contributed by atoms with Crippen LogP contribution in [0.15, 0.2) is 18.2 Å². The lowest BCUT2D eigenvalue weighted by Gasteiger charge is -2.23. The number of benzene rings is 1. The number of aliphatic carboxylic acids is 1. The number of carbonyl (C=O) groups is 2. The molecule has 1 rings (SSSR count). The molecular formula is C30H52N2O5. The lowest BCUT2D eigenvalue weighted by atomic mass is 10.1. The minimum atomic E-state index is -1.03. The summed E-state index contributed by atoms with van der Waals surface area (Å²) in [6, 6.07) is 5.38. The Morgan fingerprint density at radius 2 is 1.08 bits per heavy atom. The molecule has 0 bridgehead atoms. The first kappa shape index (κ1) is 32.6. The Kier molecular flexibility index (Phi) is 19.0. The van der Waals surface area contributed by atoms with E-state index in [4.69, 9.17) is 15.2 Å². The second kappa shape index (κ2) is 21.6. The number of anilines is 1. The lowest BCUT2D eigenvalue weighted by molar-refractivity contribution is -0.135. The molecule has 7 heteroatoms. The summed E-state index contributed by atoms with van der Waals surface area (Å²) in [7, 11) is 0. The lowest BCUT2D eigenvalue weighted by Crippen LogP contribution is -2.37. The van der Waals surface area contributed by atoms with Crippen molar-refractivity contribution in [2.24, 2.45) is 5.73 Å². The zero-order valence-electron chi connectivity index (χ0n) is 23.5. The molecule has 0 spiro atoms. The maximum absolute atomic E-state index is 11.6. The van der Waals surface area contributed by atoms with E-state index >= 15 is 0 Å². The average molecular weight is 521 g/mol. The Morgan fingerprint density at radius 3 is 1.46 bits per heavy atom. The third-order valence-corrected chi connectivity index (χ3v) is 6.44. The highest BCUT2D eigenvalue weighted by Gasteiger charge is 2.16. The molecule has 212 valence electrons. The molecule has 0 aliphatic carbocycles. The van der Waals surface area contributed by atoms with Gasteiger partial charge in [0.2, 0.25) is 5.91 Å². The Labute approximate surface area is 225 Å². The quantitative estimate of drug-likeness (QED) is 0.133. The van der Waals surface area contributed by atoms with Gasteiger partial charge < -0.3 is 25.2 Å². The van der Waals surface area contributed by atoms with Gasteiger partial charge in [-0.05, 0) is 12.8 Å². The van der Waals surface area contributed by atoms with Gasteiger partial charge in [0.05, 0.1) is 19.8 Å². The van der Waals surface area contributed by atoms with Crippen molar-refractivity contribution in [1.82, 2.24) is 0 Å². The molecule has 1 aromatic rings. The number of carboxylic acids is 1. The van der Waals surface area contributed by atoms with Gasteiger partial charge in [-0.15, -0.1) is 0 Å². The van der Waals surface area contributed by atoms with Crippen LogP contribution in [-0.2, 0) is 9.59 Å². The number of primary amides is 1. The number of amides is 1. The van der Waals surface area contributed by atoms with Gasteiger partial charge >= 0.3 is 5.97 Å². The van der Waals surface area contributed by atoms with Crippen LogP contribution in [0, 0.1) is 0 Å². The Morgan fingerprint density at radius 1 is 0.676 bits per heavy atom. The number of carboxylic acid groups (broad SMARTS) is 1. The molecule has 0 unspecified atom stereocenters. The molecule has 0 aliphatic rings. The predicted molar refractivity (Wildman–Crippen MR) is 152 cm³/mol. The van der Waals surface area contributed by atoms with Crippen molar-refractivity contribution in [3.63, 3.8) is 0 Å². The number of nitrogens with zero attached hydrogens (tertiary/aromatic N) is 1. The summed E-state index contributed by atoms with van der Waals surface area (Å²) >= 11 is 0. The summed E-state index contributed by atoms with van der Waals surface area (Å²) in [6.45, 7) is 5.12. The highest BCUT2D eigenvalue weighted by molar-refractivity contribution is 5.83. The molecule has 0 heterocycles. The fraction of sp³-hybridized carbons (Fsp3) is 0.733. The molecule has 0 saturated heterocycles. The summed E-state index contributed by atoms with van der Waals surface area (Å²) in [5.74, 6) is -0.390. The van der Waals surface area contributed by atoms with Crippen LogP contribution in [0.1, 0.15) is 117 Å². The molecule has 0 radical (unpaired) electrons. The van der Waals surface area contributed by atoms with Crippen LogP contribution in [0.25, 0.3) is 0 Å². The molecule has 0 aliphatic heterocycles. The van der Waals surface area contributed by atoms with Crippen LogP contribution in [0.3, 0.4) is 0 Å². The minimum Gasteiger partial charge on any atom is -0.493 e. The monoisotopic (exact) mass is 520 g/mol. The fourth-order valence-corrected chi connectivity index (χ4v) is 4.35. The largest absolute Gasteiger partial charge is 0.493 e. The normalized spacial score (nSPS) is 10.9. The number of nitrogens with two attached hydrogens (primary N) is 1. The zero-order valence-corrected chi connectivity index (χ0v) is 23.5. The van der Waals surface area contributed by atoms with Crippen molar-refractivity contribution >= 4 is 17.6 Å². The maximum Gasteiger partial charge on any atom is 0.323 e. The van der Waals surface area contributed by atoms with Crippen molar-refractivity contribution in [2.75, 3.05) is 31.2 Å². The third kappa shape index (κ3) is 17.6. The van der Waals surface area contributed by atoms with E-state index in [2.05, 4.69) is 13.8 Å². The van der Waals surface area contributed by atoms with Crippen LogP contribution in [-0.4, -0.2) is 43.3 Å². The van der Waals surface area contributed by atoms with Gasteiger partial charge in [0.1, 0.15) is 18.0 Å². The average Bonchev–Trinajstić information content (AvgIpc) is 2.85. The maximum atomic E-state index is 11.6. The first-order chi connectivity index (χ1) is 18.0. The number of hydrogen-bond acceptors (Lipinski definition) is 5. The standard InChI is InChI=1S/C30H52N2O5/c1-3-5-7-9-11-13-15-17-19-36-27-21-26(32(24-29(31)33)25-30(34)35)22-28(23-27)37-20-18-16-14-12-10-8-6-4-2/h21-23H,3-20,24-25H2,1-2H3,(H2,31,33)(H,34,35). The minimum absolute atomic E-state index is 0.189. The van der Waals surface area contributed by atoms with E-state index in [0.29, 0.717) is 30.4 Å². The number of ether oxygens (including phenoxy) is 2. The molecule has 1 amide bonds. The van der Waals surface area contributed by atoms with Crippen LogP contribution in [0.5, 0.6) is 11.5 Å². The van der Waals surface area contributed by atoms with Gasteiger partial charge in [-0.2, -0.15) is 0 Å². The fourth-order valence-electron chi connectivity index (χ4n) is 4.35. The molecule has 0 aromatic heterocycles. The smallest absolute Gasteiger partial charge is 0.323 e. The molecule has 1 aromatic carbocycles. The van der Waals surface area contributed by atoms with Crippen LogP contribution < -0.4 is 20.1 Å². The molecule has 0 atom stereocenters. The number of rotatable bonds is 25. The first-order valence-electron chi connectivity index (χ1n) is 14.6. The number of unbranched alkanes of at least 4 members (excludes halogenated alkanes) is 14. The number of carbonyl (C=O) groups excluding carboxylic acids is 1. The van der Waals surface area contributed by atoms with E-state index in [1.807, 2.05) is 6.07 Å². The first-order valence-corrected chi connectivity index (χ1v) is 14.6. The van der Waals surface area contributed by atoms with Gasteiger partial charge in [0, 0.05) is 23.9 Å². The van der Waals surface area contributed by atoms with Gasteiger partial charge in [-0.25, -0.2) is 0 Å². The summed E-state index contributed by atoms with van der Waals surface area (Å²) in [5.41, 5.74) is 5.93. The second-order valence-electron chi connectivity index (χ2n) is 10.0. The van der Waals surface area contributed by atoms with E-state index in [9.17, 15) is 14.7 Å². The van der Waals surface area contributed by atoms with Crippen molar-refractivity contribution < 1.29 is 24.2 Å². The SMILES string of the molecule is CCCCCCCCCCOc1cc(OCCCCCCCCCC)cc(N(CC(N)=O)CC(=O)O)c1. The third-order valence-electron chi connectivity index (χ3n) is 6.44. The summed E-state index contributed by atoms with van der Waals surface area (Å²) in [4.78, 5) is 24.4. The highest BCUT2D eigenvalue weighted by atomic mass is 16.5. The molecule has 7 nitrogen and oxygen atoms in total. The molecule has 3 N–H and O–H groups in total. The van der Waals surface area contributed by atoms with E-state index in [1.54, 1.807) is 12.1 Å². The summed E-state index contributed by atoms with van der Waals surface area (Å²) < 4.78 is 12.0. The molecule has 37 heavy (non-hydrogen) atoms. The Balaban J connectivity index is 2.64. The van der Waals surface area contributed by atoms with Crippen LogP contribution in [0.2, 0.25) is 0 Å². The summed E-state index contributed by atoms with van der Waals surface area (Å²) in [5, 5.41) is 9.32. The van der Waals surface area contributed by atoms with Crippen molar-refractivity contribution in [3.05, 3.63) is 18.2 Å². The molecule has 0 fully saturated rings. The van der Waals surface area contributed by atoms with Crippen molar-refractivity contribution in [1.29, 1.82) is 0 Å². The summed E-state index contributed by atoms with van der Waals surface area (Å²) in [6.07, 6.45) is 19.5. The van der Waals surface area contributed by atoms with Crippen molar-refractivity contribution in [2.45, 2.75) is 117 Å². The van der Waals surface area contributed by atoms with Gasteiger partial charge in [-0.1, -0.05) is 104 Å². The molecule has 0 saturated carbocycles. The van der Waals surface area contributed by atoms with Crippen molar-refractivity contribution in [3.8, 4) is 11.5 Å².